The van der Waals surface area contributed by atoms with Crippen molar-refractivity contribution < 1.29 is 19.1 Å². The summed E-state index contributed by atoms with van der Waals surface area (Å²) >= 11 is 0. The van der Waals surface area contributed by atoms with Crippen molar-refractivity contribution in [2.75, 3.05) is 13.2 Å². The number of carbonyl (C=O) groups excluding carboxylic acids is 2. The molecule has 2 atom stereocenters. The minimum absolute atomic E-state index is 0.232. The number of unbranched alkanes of at least 4 members (excludes halogenated alkanes) is 10. The minimum atomic E-state index is -0.394. The molecule has 1 aliphatic carbocycles. The first-order valence-corrected chi connectivity index (χ1v) is 14.4. The predicted molar refractivity (Wildman–Crippen MR) is 142 cm³/mol. The molecule has 198 valence electrons. The van der Waals surface area contributed by atoms with E-state index < -0.39 is 11.8 Å². The second-order valence-electron chi connectivity index (χ2n) is 11.1. The maximum atomic E-state index is 12.6. The van der Waals surface area contributed by atoms with Crippen LogP contribution in [0.4, 0.5) is 0 Å². The van der Waals surface area contributed by atoms with E-state index in [9.17, 15) is 9.59 Å². The van der Waals surface area contributed by atoms with Gasteiger partial charge in [0.1, 0.15) is 0 Å². The Morgan fingerprint density at radius 3 is 1.26 bits per heavy atom. The predicted octanol–water partition coefficient (Wildman–Crippen LogP) is 8.43. The number of carbonyl (C=O) groups is 2. The van der Waals surface area contributed by atoms with Gasteiger partial charge in [-0.2, -0.15) is 0 Å². The lowest BCUT2D eigenvalue weighted by Gasteiger charge is -2.25. The van der Waals surface area contributed by atoms with E-state index in [1.54, 1.807) is 0 Å². The van der Waals surface area contributed by atoms with Crippen molar-refractivity contribution in [3.05, 3.63) is 12.2 Å². The van der Waals surface area contributed by atoms with Gasteiger partial charge in [0.2, 0.25) is 0 Å². The Morgan fingerprint density at radius 2 is 0.912 bits per heavy atom. The van der Waals surface area contributed by atoms with Crippen molar-refractivity contribution in [3.8, 4) is 0 Å². The highest BCUT2D eigenvalue weighted by Gasteiger charge is 2.36. The van der Waals surface area contributed by atoms with Gasteiger partial charge in [0, 0.05) is 0 Å². The number of hydrogen-bond acceptors (Lipinski definition) is 4. The van der Waals surface area contributed by atoms with Crippen LogP contribution in [0.3, 0.4) is 0 Å². The van der Waals surface area contributed by atoms with Gasteiger partial charge in [-0.15, -0.1) is 0 Å². The summed E-state index contributed by atoms with van der Waals surface area (Å²) in [5.74, 6) is 0.340. The first kappa shape index (κ1) is 30.7. The molecule has 0 aromatic rings. The van der Waals surface area contributed by atoms with Gasteiger partial charge in [0.25, 0.3) is 0 Å². The Kier molecular flexibility index (Phi) is 18.0. The van der Waals surface area contributed by atoms with Crippen molar-refractivity contribution in [1.29, 1.82) is 0 Å². The molecule has 0 fully saturated rings. The average molecular weight is 479 g/mol. The molecule has 0 saturated heterocycles. The largest absolute Gasteiger partial charge is 0.465 e. The highest BCUT2D eigenvalue weighted by Crippen LogP contribution is 2.28. The van der Waals surface area contributed by atoms with Crippen LogP contribution >= 0.6 is 0 Å². The van der Waals surface area contributed by atoms with Gasteiger partial charge >= 0.3 is 11.9 Å². The Bertz CT molecular complexity index is 504. The van der Waals surface area contributed by atoms with Crippen LogP contribution in [-0.4, -0.2) is 25.2 Å². The Labute approximate surface area is 210 Å². The molecule has 0 amide bonds. The fourth-order valence-corrected chi connectivity index (χ4v) is 4.62. The third-order valence-corrected chi connectivity index (χ3v) is 6.88. The number of hydrogen-bond donors (Lipinski definition) is 0. The lowest BCUT2D eigenvalue weighted by Crippen LogP contribution is -2.34. The summed E-state index contributed by atoms with van der Waals surface area (Å²) in [4.78, 5) is 25.3. The van der Waals surface area contributed by atoms with E-state index in [0.29, 0.717) is 26.1 Å². The summed E-state index contributed by atoms with van der Waals surface area (Å²) in [5, 5.41) is 0. The second kappa shape index (κ2) is 19.9. The van der Waals surface area contributed by atoms with Crippen molar-refractivity contribution in [1.82, 2.24) is 0 Å². The fraction of sp³-hybridized carbons (Fsp3) is 0.867. The van der Waals surface area contributed by atoms with Crippen LogP contribution in [0.2, 0.25) is 0 Å². The first-order valence-electron chi connectivity index (χ1n) is 14.4. The Morgan fingerprint density at radius 1 is 0.588 bits per heavy atom. The monoisotopic (exact) mass is 478 g/mol. The van der Waals surface area contributed by atoms with Crippen LogP contribution in [-0.2, 0) is 19.1 Å². The summed E-state index contributed by atoms with van der Waals surface area (Å²) in [6, 6.07) is 0. The van der Waals surface area contributed by atoms with Crippen LogP contribution < -0.4 is 0 Å². The summed E-state index contributed by atoms with van der Waals surface area (Å²) in [6.45, 7) is 10.0. The summed E-state index contributed by atoms with van der Waals surface area (Å²) in [5.41, 5.74) is 0. The van der Waals surface area contributed by atoms with E-state index in [-0.39, 0.29) is 11.9 Å². The molecule has 0 bridgehead atoms. The zero-order valence-corrected chi connectivity index (χ0v) is 22.8. The Balaban J connectivity index is 2.14. The van der Waals surface area contributed by atoms with Gasteiger partial charge in [0.05, 0.1) is 25.0 Å². The maximum Gasteiger partial charge on any atom is 0.310 e. The SMILES string of the molecule is CC(C)CCCCCCCCOC(=O)C1CC=CCC1C(=O)OCCCCCCCCC(C)C. The highest BCUT2D eigenvalue weighted by atomic mass is 16.5. The van der Waals surface area contributed by atoms with Crippen LogP contribution in [0, 0.1) is 23.7 Å². The molecule has 0 N–H and O–H groups in total. The Hall–Kier alpha value is -1.32. The summed E-state index contributed by atoms with van der Waals surface area (Å²) in [7, 11) is 0. The molecule has 34 heavy (non-hydrogen) atoms. The van der Waals surface area contributed by atoms with E-state index in [2.05, 4.69) is 27.7 Å². The molecule has 0 heterocycles. The van der Waals surface area contributed by atoms with E-state index in [4.69, 9.17) is 9.47 Å². The zero-order valence-electron chi connectivity index (χ0n) is 22.8. The van der Waals surface area contributed by atoms with Gasteiger partial charge in [0.15, 0.2) is 0 Å². The van der Waals surface area contributed by atoms with Crippen molar-refractivity contribution in [2.24, 2.45) is 23.7 Å². The van der Waals surface area contributed by atoms with E-state index in [1.165, 1.54) is 64.2 Å². The van der Waals surface area contributed by atoms with Gasteiger partial charge in [-0.3, -0.25) is 9.59 Å². The zero-order chi connectivity index (χ0) is 25.0. The smallest absolute Gasteiger partial charge is 0.310 e. The molecular weight excluding hydrogens is 424 g/mol. The maximum absolute atomic E-state index is 12.6. The van der Waals surface area contributed by atoms with E-state index in [1.807, 2.05) is 12.2 Å². The molecule has 0 radical (unpaired) electrons. The third kappa shape index (κ3) is 15.6. The number of esters is 2. The molecular formula is C30H54O4. The van der Waals surface area contributed by atoms with Gasteiger partial charge < -0.3 is 9.47 Å². The van der Waals surface area contributed by atoms with Gasteiger partial charge in [-0.25, -0.2) is 0 Å². The van der Waals surface area contributed by atoms with E-state index >= 15 is 0 Å². The van der Waals surface area contributed by atoms with Crippen molar-refractivity contribution in [3.63, 3.8) is 0 Å². The fourth-order valence-electron chi connectivity index (χ4n) is 4.62. The standard InChI is InChI=1S/C30H54O4/c1-25(2)19-13-9-5-7-11-17-23-33-29(31)27-21-15-16-22-28(27)30(32)34-24-18-12-8-6-10-14-20-26(3)4/h15-16,25-28H,5-14,17-24H2,1-4H3. The molecule has 4 nitrogen and oxygen atoms in total. The van der Waals surface area contributed by atoms with Crippen LogP contribution in [0.5, 0.6) is 0 Å². The van der Waals surface area contributed by atoms with Crippen molar-refractivity contribution >= 4 is 11.9 Å². The second-order valence-corrected chi connectivity index (χ2v) is 11.1. The van der Waals surface area contributed by atoms with Crippen molar-refractivity contribution in [2.45, 2.75) is 130 Å². The third-order valence-electron chi connectivity index (χ3n) is 6.88. The molecule has 0 aromatic carbocycles. The first-order chi connectivity index (χ1) is 16.4. The molecule has 0 aromatic heterocycles. The van der Waals surface area contributed by atoms with E-state index in [0.717, 1.165) is 37.5 Å². The number of ether oxygens (including phenoxy) is 2. The molecule has 1 aliphatic rings. The van der Waals surface area contributed by atoms with Gasteiger partial charge in [-0.1, -0.05) is 117 Å². The molecule has 4 heteroatoms. The van der Waals surface area contributed by atoms with Crippen LogP contribution in [0.15, 0.2) is 12.2 Å². The summed E-state index contributed by atoms with van der Waals surface area (Å²) in [6.07, 6.45) is 21.9. The van der Waals surface area contributed by atoms with Gasteiger partial charge in [-0.05, 0) is 37.5 Å². The lowest BCUT2D eigenvalue weighted by atomic mass is 9.83. The van der Waals surface area contributed by atoms with Crippen LogP contribution in [0.25, 0.3) is 0 Å². The average Bonchev–Trinajstić information content (AvgIpc) is 2.81. The number of allylic oxidation sites excluding steroid dienone is 2. The normalized spacial score (nSPS) is 17.9. The summed E-state index contributed by atoms with van der Waals surface area (Å²) < 4.78 is 11.1. The molecule has 0 spiro atoms. The topological polar surface area (TPSA) is 52.6 Å². The molecule has 2 unspecified atom stereocenters. The molecule has 0 saturated carbocycles. The van der Waals surface area contributed by atoms with Crippen LogP contribution in [0.1, 0.15) is 130 Å². The highest BCUT2D eigenvalue weighted by molar-refractivity contribution is 5.82. The molecule has 1 rings (SSSR count). The quantitative estimate of drug-likeness (QED) is 0.100. The lowest BCUT2D eigenvalue weighted by molar-refractivity contribution is -0.161. The minimum Gasteiger partial charge on any atom is -0.465 e. The number of rotatable bonds is 20. The molecule has 0 aliphatic heterocycles.